The summed E-state index contributed by atoms with van der Waals surface area (Å²) in [5.74, 6) is -0.625. The lowest BCUT2D eigenvalue weighted by Gasteiger charge is -2.05. The second-order valence-electron chi connectivity index (χ2n) is 3.73. The van der Waals surface area contributed by atoms with Crippen LogP contribution in [0.5, 0.6) is 0 Å². The number of aliphatic carboxylic acids is 1. The van der Waals surface area contributed by atoms with Crippen molar-refractivity contribution in [1.29, 1.82) is 0 Å². The van der Waals surface area contributed by atoms with Crippen LogP contribution in [0.1, 0.15) is 13.3 Å². The van der Waals surface area contributed by atoms with Crippen LogP contribution in [0, 0.1) is 10.8 Å². The Morgan fingerprint density at radius 3 is 2.50 bits per heavy atom. The second kappa shape index (κ2) is 1.37. The zero-order chi connectivity index (χ0) is 7.41. The molecule has 3 nitrogen and oxygen atoms in total. The Labute approximate surface area is 59.4 Å². The summed E-state index contributed by atoms with van der Waals surface area (Å²) in [5, 5.41) is 11.9. The van der Waals surface area contributed by atoms with Gasteiger partial charge in [0.15, 0.2) is 0 Å². The van der Waals surface area contributed by atoms with Crippen LogP contribution in [-0.4, -0.2) is 24.2 Å². The topological polar surface area (TPSA) is 49.3 Å². The van der Waals surface area contributed by atoms with Crippen LogP contribution in [0.4, 0.5) is 0 Å². The van der Waals surface area contributed by atoms with Gasteiger partial charge in [-0.2, -0.15) is 0 Å². The molecule has 2 atom stereocenters. The molecule has 0 bridgehead atoms. The highest BCUT2D eigenvalue weighted by molar-refractivity contribution is 5.81. The van der Waals surface area contributed by atoms with E-state index < -0.39 is 11.4 Å². The minimum atomic E-state index is -0.625. The fraction of sp³-hybridized carbons (Fsp3) is 0.857. The molecule has 56 valence electrons. The van der Waals surface area contributed by atoms with Crippen molar-refractivity contribution in [3.05, 3.63) is 0 Å². The summed E-state index contributed by atoms with van der Waals surface area (Å²) >= 11 is 0. The van der Waals surface area contributed by atoms with Crippen LogP contribution >= 0.6 is 0 Å². The molecule has 0 aromatic rings. The van der Waals surface area contributed by atoms with Gasteiger partial charge < -0.3 is 10.4 Å². The van der Waals surface area contributed by atoms with E-state index in [1.165, 1.54) is 0 Å². The fourth-order valence-electron chi connectivity index (χ4n) is 2.09. The standard InChI is InChI=1S/C7H11NO2/c1-6-2-7(6,5(9)10)4-8-3-6/h8H,2-4H2,1H3,(H,9,10). The zero-order valence-corrected chi connectivity index (χ0v) is 5.98. The Kier molecular flexibility index (Phi) is 0.844. The summed E-state index contributed by atoms with van der Waals surface area (Å²) in [7, 11) is 0. The molecule has 2 N–H and O–H groups in total. The molecule has 1 aliphatic carbocycles. The first-order valence-corrected chi connectivity index (χ1v) is 3.55. The van der Waals surface area contributed by atoms with Crippen LogP contribution in [-0.2, 0) is 4.79 Å². The van der Waals surface area contributed by atoms with Gasteiger partial charge in [-0.15, -0.1) is 0 Å². The molecular formula is C7H11NO2. The van der Waals surface area contributed by atoms with Gasteiger partial charge in [0.1, 0.15) is 0 Å². The number of piperidine rings is 1. The molecule has 10 heavy (non-hydrogen) atoms. The highest BCUT2D eigenvalue weighted by Crippen LogP contribution is 2.65. The summed E-state index contributed by atoms with van der Waals surface area (Å²) in [6, 6.07) is 0. The Morgan fingerprint density at radius 2 is 2.30 bits per heavy atom. The molecule has 0 aromatic carbocycles. The predicted octanol–water partition coefficient (Wildman–Crippen LogP) is 0.0706. The number of nitrogens with one attached hydrogen (secondary N) is 1. The number of hydrogen-bond donors (Lipinski definition) is 2. The summed E-state index contributed by atoms with van der Waals surface area (Å²) in [6.45, 7) is 3.58. The lowest BCUT2D eigenvalue weighted by molar-refractivity contribution is -0.143. The van der Waals surface area contributed by atoms with E-state index in [1.807, 2.05) is 6.92 Å². The number of carboxylic acid groups (broad SMARTS) is 1. The highest BCUT2D eigenvalue weighted by Gasteiger charge is 2.71. The molecule has 1 saturated heterocycles. The largest absolute Gasteiger partial charge is 0.481 e. The highest BCUT2D eigenvalue weighted by atomic mass is 16.4. The molecule has 0 radical (unpaired) electrons. The predicted molar refractivity (Wildman–Crippen MR) is 35.7 cm³/mol. The third kappa shape index (κ3) is 0.440. The molecule has 2 fully saturated rings. The average molecular weight is 141 g/mol. The van der Waals surface area contributed by atoms with E-state index in [-0.39, 0.29) is 5.41 Å². The lowest BCUT2D eigenvalue weighted by Crippen LogP contribution is -2.23. The summed E-state index contributed by atoms with van der Waals surface area (Å²) < 4.78 is 0. The van der Waals surface area contributed by atoms with Crippen molar-refractivity contribution < 1.29 is 9.90 Å². The van der Waals surface area contributed by atoms with Gasteiger partial charge in [-0.1, -0.05) is 6.92 Å². The minimum Gasteiger partial charge on any atom is -0.481 e. The number of hydrogen-bond acceptors (Lipinski definition) is 2. The van der Waals surface area contributed by atoms with Crippen LogP contribution in [0.2, 0.25) is 0 Å². The lowest BCUT2D eigenvalue weighted by atomic mass is 9.99. The number of fused-ring (bicyclic) bond motifs is 1. The molecule has 2 aliphatic rings. The van der Waals surface area contributed by atoms with Crippen molar-refractivity contribution in [2.24, 2.45) is 10.8 Å². The van der Waals surface area contributed by atoms with Gasteiger partial charge in [0, 0.05) is 13.1 Å². The number of carboxylic acids is 1. The minimum absolute atomic E-state index is 0.0683. The van der Waals surface area contributed by atoms with Crippen molar-refractivity contribution in [2.45, 2.75) is 13.3 Å². The zero-order valence-electron chi connectivity index (χ0n) is 5.98. The summed E-state index contributed by atoms with van der Waals surface area (Å²) in [5.41, 5.74) is -0.328. The quantitative estimate of drug-likeness (QED) is 0.543. The van der Waals surface area contributed by atoms with Gasteiger partial charge in [-0.3, -0.25) is 4.79 Å². The van der Waals surface area contributed by atoms with E-state index >= 15 is 0 Å². The van der Waals surface area contributed by atoms with E-state index in [0.717, 1.165) is 13.0 Å². The van der Waals surface area contributed by atoms with Crippen molar-refractivity contribution in [3.63, 3.8) is 0 Å². The number of rotatable bonds is 1. The first-order valence-electron chi connectivity index (χ1n) is 3.55. The molecule has 1 aliphatic heterocycles. The first kappa shape index (κ1) is 6.16. The smallest absolute Gasteiger partial charge is 0.311 e. The fourth-order valence-corrected chi connectivity index (χ4v) is 2.09. The van der Waals surface area contributed by atoms with Crippen LogP contribution < -0.4 is 5.32 Å². The molecule has 1 saturated carbocycles. The molecule has 2 rings (SSSR count). The van der Waals surface area contributed by atoms with Gasteiger partial charge in [0.05, 0.1) is 5.41 Å². The molecule has 3 heteroatoms. The van der Waals surface area contributed by atoms with Crippen molar-refractivity contribution >= 4 is 5.97 Å². The Balaban J connectivity index is 2.28. The molecule has 2 unspecified atom stereocenters. The Bertz CT molecular complexity index is 200. The van der Waals surface area contributed by atoms with E-state index in [4.69, 9.17) is 5.11 Å². The van der Waals surface area contributed by atoms with Crippen molar-refractivity contribution in [3.8, 4) is 0 Å². The maximum Gasteiger partial charge on any atom is 0.311 e. The van der Waals surface area contributed by atoms with Gasteiger partial charge in [-0.25, -0.2) is 0 Å². The molecule has 1 heterocycles. The van der Waals surface area contributed by atoms with Gasteiger partial charge >= 0.3 is 5.97 Å². The van der Waals surface area contributed by atoms with Crippen LogP contribution in [0.15, 0.2) is 0 Å². The molecule has 0 spiro atoms. The first-order chi connectivity index (χ1) is 4.61. The molecular weight excluding hydrogens is 130 g/mol. The van der Waals surface area contributed by atoms with Gasteiger partial charge in [0.25, 0.3) is 0 Å². The van der Waals surface area contributed by atoms with Crippen molar-refractivity contribution in [2.75, 3.05) is 13.1 Å². The van der Waals surface area contributed by atoms with Crippen molar-refractivity contribution in [1.82, 2.24) is 5.32 Å². The Morgan fingerprint density at radius 1 is 1.60 bits per heavy atom. The normalized spacial score (nSPS) is 50.5. The average Bonchev–Trinajstić information content (AvgIpc) is 2.29. The summed E-state index contributed by atoms with van der Waals surface area (Å²) in [6.07, 6.45) is 0.863. The second-order valence-corrected chi connectivity index (χ2v) is 3.73. The Hall–Kier alpha value is -0.570. The van der Waals surface area contributed by atoms with Crippen LogP contribution in [0.25, 0.3) is 0 Å². The molecule has 0 amide bonds. The third-order valence-electron chi connectivity index (χ3n) is 3.07. The van der Waals surface area contributed by atoms with Gasteiger partial charge in [-0.05, 0) is 11.8 Å². The van der Waals surface area contributed by atoms with E-state index in [9.17, 15) is 4.79 Å². The maximum absolute atomic E-state index is 10.7. The van der Waals surface area contributed by atoms with Crippen LogP contribution in [0.3, 0.4) is 0 Å². The molecule has 0 aromatic heterocycles. The van der Waals surface area contributed by atoms with E-state index in [0.29, 0.717) is 6.54 Å². The third-order valence-corrected chi connectivity index (χ3v) is 3.07. The maximum atomic E-state index is 10.7. The summed E-state index contributed by atoms with van der Waals surface area (Å²) in [4.78, 5) is 10.7. The van der Waals surface area contributed by atoms with Gasteiger partial charge in [0.2, 0.25) is 0 Å². The van der Waals surface area contributed by atoms with E-state index in [1.54, 1.807) is 0 Å². The monoisotopic (exact) mass is 141 g/mol. The van der Waals surface area contributed by atoms with E-state index in [2.05, 4.69) is 5.32 Å². The number of carbonyl (C=O) groups is 1. The SMILES string of the molecule is CC12CNCC1(C(=O)O)C2.